The van der Waals surface area contributed by atoms with E-state index in [2.05, 4.69) is 188 Å². The maximum Gasteiger partial charge on any atom is 0.267 e. The summed E-state index contributed by atoms with van der Waals surface area (Å²) in [5.74, 6) is 2.07. The van der Waals surface area contributed by atoms with Gasteiger partial charge in [-0.15, -0.1) is 29.7 Å². The van der Waals surface area contributed by atoms with E-state index in [1.807, 2.05) is 24.4 Å². The van der Waals surface area contributed by atoms with Gasteiger partial charge in [0.05, 0.1) is 11.4 Å². The maximum absolute atomic E-state index is 6.56. The van der Waals surface area contributed by atoms with Crippen molar-refractivity contribution in [1.29, 1.82) is 0 Å². The first-order valence-corrected chi connectivity index (χ1v) is 18.6. The van der Waals surface area contributed by atoms with Gasteiger partial charge in [-0.1, -0.05) is 113 Å². The largest absolute Gasteiger partial charge is 0.510 e. The van der Waals surface area contributed by atoms with Crippen molar-refractivity contribution in [3.63, 3.8) is 0 Å². The topological polar surface area (TPSA) is 35.9 Å². The third kappa shape index (κ3) is 7.71. The Morgan fingerprint density at radius 2 is 1.26 bits per heavy atom. The second kappa shape index (κ2) is 14.0. The van der Waals surface area contributed by atoms with E-state index in [4.69, 9.17) is 9.72 Å². The zero-order valence-corrected chi connectivity index (χ0v) is 36.0. The molecule has 0 amide bonds. The van der Waals surface area contributed by atoms with Crippen LogP contribution >= 0.6 is 0 Å². The van der Waals surface area contributed by atoms with Crippen molar-refractivity contribution in [1.82, 2.24) is 14.1 Å². The number of rotatable bonds is 5. The average Bonchev–Trinajstić information content (AvgIpc) is 3.68. The molecule has 0 saturated carbocycles. The summed E-state index contributed by atoms with van der Waals surface area (Å²) >= 11 is 0. The zero-order valence-electron chi connectivity index (χ0n) is 33.8. The van der Waals surface area contributed by atoms with Crippen molar-refractivity contribution in [3.05, 3.63) is 138 Å². The predicted molar refractivity (Wildman–Crippen MR) is 217 cm³/mol. The molecule has 282 valence electrons. The number of para-hydroxylation sites is 1. The van der Waals surface area contributed by atoms with E-state index < -0.39 is 0 Å². The van der Waals surface area contributed by atoms with E-state index in [1.165, 1.54) is 16.7 Å². The molecule has 3 heterocycles. The van der Waals surface area contributed by atoms with Crippen LogP contribution in [-0.4, -0.2) is 14.1 Å². The first-order chi connectivity index (χ1) is 24.8. The van der Waals surface area contributed by atoms with Crippen LogP contribution in [0.1, 0.15) is 105 Å². The third-order valence-electron chi connectivity index (χ3n) is 10.0. The van der Waals surface area contributed by atoms with Crippen molar-refractivity contribution >= 4 is 21.8 Å². The number of pyridine rings is 1. The average molecular weight is 896 g/mol. The molecule has 0 aliphatic rings. The minimum Gasteiger partial charge on any atom is -0.510 e. The van der Waals surface area contributed by atoms with Crippen LogP contribution in [0.25, 0.3) is 39.0 Å². The molecule has 0 radical (unpaired) electrons. The van der Waals surface area contributed by atoms with Gasteiger partial charge in [0, 0.05) is 50.5 Å². The van der Waals surface area contributed by atoms with E-state index in [0.29, 0.717) is 11.5 Å². The molecule has 0 spiro atoms. The second-order valence-electron chi connectivity index (χ2n) is 18.4. The normalized spacial score (nSPS) is 12.7. The summed E-state index contributed by atoms with van der Waals surface area (Å²) in [6.07, 6.45) is 7.78. The first kappa shape index (κ1) is 39.2. The van der Waals surface area contributed by atoms with E-state index >= 15 is 0 Å². The second-order valence-corrected chi connectivity index (χ2v) is 18.4. The van der Waals surface area contributed by atoms with Gasteiger partial charge < -0.3 is 13.9 Å². The van der Waals surface area contributed by atoms with Gasteiger partial charge in [0.25, 0.3) is 6.33 Å². The van der Waals surface area contributed by atoms with Crippen molar-refractivity contribution < 1.29 is 30.4 Å². The van der Waals surface area contributed by atoms with Crippen LogP contribution in [0, 0.1) is 18.5 Å². The Hall–Kier alpha value is -4.47. The maximum atomic E-state index is 6.56. The Bertz CT molecular complexity index is 2440. The van der Waals surface area contributed by atoms with Crippen molar-refractivity contribution in [2.45, 2.75) is 105 Å². The molecule has 0 bridgehead atoms. The Morgan fingerprint density at radius 1 is 0.611 bits per heavy atom. The Kier molecular flexibility index (Phi) is 10.2. The monoisotopic (exact) mass is 895 g/mol. The van der Waals surface area contributed by atoms with Gasteiger partial charge in [0.1, 0.15) is 5.82 Å². The zero-order chi connectivity index (χ0) is 38.1. The standard InChI is InChI=1S/C48H52N4O.Pt/c1-45(2,3)32-22-23-49-44(27-32)52-41-19-14-13-18-39(41)40-21-20-38(29-42(40)52)53-37-17-15-16-35(28-37)51-31-50(30-43(51)48(10,11)12)36-25-33(46(4,5)6)24-34(26-36)47(7,8)9;/h13-27,30H,1-12H3;/q-2;. The van der Waals surface area contributed by atoms with E-state index in [9.17, 15) is 0 Å². The van der Waals surface area contributed by atoms with Crippen molar-refractivity contribution in [2.75, 3.05) is 0 Å². The first-order valence-electron chi connectivity index (χ1n) is 18.6. The molecule has 7 aromatic rings. The fraction of sp³-hybridized carbons (Fsp3) is 0.333. The Balaban J connectivity index is 0.00000497. The summed E-state index contributed by atoms with van der Waals surface area (Å²) in [6, 6.07) is 37.0. The molecule has 0 aliphatic heterocycles. The fourth-order valence-corrected chi connectivity index (χ4v) is 6.76. The molecule has 3 aromatic heterocycles. The van der Waals surface area contributed by atoms with E-state index in [0.717, 1.165) is 44.7 Å². The van der Waals surface area contributed by atoms with Gasteiger partial charge in [0.15, 0.2) is 0 Å². The number of aromatic nitrogens is 4. The molecule has 0 saturated heterocycles. The third-order valence-corrected chi connectivity index (χ3v) is 10.0. The molecule has 0 unspecified atom stereocenters. The smallest absolute Gasteiger partial charge is 0.267 e. The summed E-state index contributed by atoms with van der Waals surface area (Å²) < 4.78 is 13.0. The molecular weight excluding hydrogens is 844 g/mol. The number of hydrogen-bond acceptors (Lipinski definition) is 2. The van der Waals surface area contributed by atoms with Crippen LogP contribution in [0.2, 0.25) is 0 Å². The number of nitrogens with zero attached hydrogens (tertiary/aromatic N) is 4. The minimum absolute atomic E-state index is 0. The summed E-state index contributed by atoms with van der Waals surface area (Å²) in [4.78, 5) is 4.83. The van der Waals surface area contributed by atoms with E-state index in [1.54, 1.807) is 0 Å². The van der Waals surface area contributed by atoms with Crippen molar-refractivity contribution in [3.8, 4) is 28.7 Å². The summed E-state index contributed by atoms with van der Waals surface area (Å²) in [7, 11) is 0. The van der Waals surface area contributed by atoms with Crippen LogP contribution in [0.5, 0.6) is 11.5 Å². The van der Waals surface area contributed by atoms with Crippen LogP contribution in [-0.2, 0) is 42.7 Å². The quantitative estimate of drug-likeness (QED) is 0.127. The molecule has 0 aliphatic carbocycles. The molecule has 0 N–H and O–H groups in total. The number of ether oxygens (including phenoxy) is 1. The van der Waals surface area contributed by atoms with Gasteiger partial charge in [-0.25, -0.2) is 4.98 Å². The van der Waals surface area contributed by atoms with E-state index in [-0.39, 0.29) is 42.7 Å². The molecule has 6 heteroatoms. The Labute approximate surface area is 336 Å². The number of benzene rings is 4. The summed E-state index contributed by atoms with van der Waals surface area (Å²) in [6.45, 7) is 27.0. The Morgan fingerprint density at radius 3 is 1.91 bits per heavy atom. The minimum atomic E-state index is -0.161. The van der Waals surface area contributed by atoms with Crippen molar-refractivity contribution in [2.24, 2.45) is 0 Å². The molecule has 7 rings (SSSR count). The van der Waals surface area contributed by atoms with Crippen LogP contribution < -0.4 is 9.30 Å². The SMILES string of the molecule is CC(C)(C)c1cc(-[n+]2[c-]n(-c3[c-]c(Oc4[c-]c5c(cc4)c4ccccc4n5-c4cc(C(C)(C)C)ccn4)ccc3)c(C(C)(C)C)c2)cc(C(C)(C)C)c1.[Pt]. The van der Waals surface area contributed by atoms with Gasteiger partial charge in [-0.2, -0.15) is 18.2 Å². The van der Waals surface area contributed by atoms with Gasteiger partial charge >= 0.3 is 0 Å². The van der Waals surface area contributed by atoms with Gasteiger partial charge in [-0.05, 0) is 79.8 Å². The molecule has 0 fully saturated rings. The number of imidazole rings is 1. The number of fused-ring (bicyclic) bond motifs is 3. The molecule has 5 nitrogen and oxygen atoms in total. The van der Waals surface area contributed by atoms with Crippen LogP contribution in [0.3, 0.4) is 0 Å². The molecule has 4 aromatic carbocycles. The summed E-state index contributed by atoms with van der Waals surface area (Å²) in [5, 5.41) is 2.25. The number of hydrogen-bond donors (Lipinski definition) is 0. The van der Waals surface area contributed by atoms with Gasteiger partial charge in [0.2, 0.25) is 0 Å². The summed E-state index contributed by atoms with van der Waals surface area (Å²) in [5.41, 5.74) is 8.74. The van der Waals surface area contributed by atoms with Crippen LogP contribution in [0.4, 0.5) is 0 Å². The predicted octanol–water partition coefficient (Wildman–Crippen LogP) is 11.6. The molecule has 54 heavy (non-hydrogen) atoms. The molecular formula is C48H52N4OPt-2. The van der Waals surface area contributed by atoms with Crippen LogP contribution in [0.15, 0.2) is 97.3 Å². The molecule has 0 atom stereocenters. The fourth-order valence-electron chi connectivity index (χ4n) is 6.76. The van der Waals surface area contributed by atoms with Gasteiger partial charge in [-0.3, -0.25) is 4.57 Å².